The van der Waals surface area contributed by atoms with E-state index in [0.29, 0.717) is 18.6 Å². The molecule has 16 heavy (non-hydrogen) atoms. The molecule has 0 amide bonds. The van der Waals surface area contributed by atoms with Gasteiger partial charge in [-0.15, -0.1) is 0 Å². The fourth-order valence-electron chi connectivity index (χ4n) is 2.02. The van der Waals surface area contributed by atoms with Crippen LogP contribution in [0.25, 0.3) is 0 Å². The van der Waals surface area contributed by atoms with Crippen molar-refractivity contribution < 1.29 is 19.0 Å². The third-order valence-corrected chi connectivity index (χ3v) is 2.92. The number of hydrogen-bond donors (Lipinski definition) is 1. The van der Waals surface area contributed by atoms with E-state index < -0.39 is 18.0 Å². The summed E-state index contributed by atoms with van der Waals surface area (Å²) < 4.78 is 18.5. The maximum Gasteiger partial charge on any atom is 0.309 e. The monoisotopic (exact) mass is 224 g/mol. The zero-order chi connectivity index (χ0) is 11.7. The van der Waals surface area contributed by atoms with Gasteiger partial charge in [0.1, 0.15) is 5.82 Å². The molecule has 86 valence electrons. The van der Waals surface area contributed by atoms with Crippen molar-refractivity contribution in [3.05, 3.63) is 35.1 Å². The second-order valence-electron chi connectivity index (χ2n) is 4.03. The van der Waals surface area contributed by atoms with Crippen molar-refractivity contribution in [3.63, 3.8) is 0 Å². The smallest absolute Gasteiger partial charge is 0.309 e. The molecule has 1 aromatic rings. The molecule has 0 saturated carbocycles. The van der Waals surface area contributed by atoms with Crippen molar-refractivity contribution in [1.82, 2.24) is 0 Å². The summed E-state index contributed by atoms with van der Waals surface area (Å²) in [6.07, 6.45) is 0.0629. The first-order valence-corrected chi connectivity index (χ1v) is 5.20. The first kappa shape index (κ1) is 11.1. The number of carbonyl (C=O) groups is 1. The summed E-state index contributed by atoms with van der Waals surface area (Å²) in [5.74, 6) is -1.66. The van der Waals surface area contributed by atoms with Gasteiger partial charge < -0.3 is 9.84 Å². The molecule has 4 heteroatoms. The molecular weight excluding hydrogens is 211 g/mol. The van der Waals surface area contributed by atoms with Crippen molar-refractivity contribution >= 4 is 5.97 Å². The highest BCUT2D eigenvalue weighted by Crippen LogP contribution is 2.35. The third kappa shape index (κ3) is 1.93. The molecule has 2 rings (SSSR count). The van der Waals surface area contributed by atoms with Crippen molar-refractivity contribution in [2.24, 2.45) is 5.92 Å². The molecule has 1 saturated heterocycles. The van der Waals surface area contributed by atoms with E-state index in [4.69, 9.17) is 9.84 Å². The van der Waals surface area contributed by atoms with Crippen LogP contribution < -0.4 is 0 Å². The molecule has 1 N–H and O–H groups in total. The van der Waals surface area contributed by atoms with Crippen LogP contribution in [0.15, 0.2) is 18.2 Å². The van der Waals surface area contributed by atoms with E-state index in [1.807, 2.05) is 0 Å². The zero-order valence-electron chi connectivity index (χ0n) is 8.94. The third-order valence-electron chi connectivity index (χ3n) is 2.92. The van der Waals surface area contributed by atoms with Crippen molar-refractivity contribution in [2.45, 2.75) is 19.4 Å². The summed E-state index contributed by atoms with van der Waals surface area (Å²) in [5, 5.41) is 9.01. The number of carboxylic acids is 1. The molecule has 1 fully saturated rings. The molecule has 0 bridgehead atoms. The maximum absolute atomic E-state index is 13.1. The first-order chi connectivity index (χ1) is 7.59. The Morgan fingerprint density at radius 1 is 1.56 bits per heavy atom. The fraction of sp³-hybridized carbons (Fsp3) is 0.417. The molecule has 0 aromatic heterocycles. The second kappa shape index (κ2) is 4.22. The SMILES string of the molecule is Cc1cc(C2OCCC2C(=O)O)ccc1F. The zero-order valence-corrected chi connectivity index (χ0v) is 8.94. The average molecular weight is 224 g/mol. The standard InChI is InChI=1S/C12H13FO3/c1-7-6-8(2-3-10(7)13)11-9(12(14)15)4-5-16-11/h2-3,6,9,11H,4-5H2,1H3,(H,14,15). The van der Waals surface area contributed by atoms with Gasteiger partial charge in [0.2, 0.25) is 0 Å². The summed E-state index contributed by atoms with van der Waals surface area (Å²) in [4.78, 5) is 11.0. The van der Waals surface area contributed by atoms with E-state index in [9.17, 15) is 9.18 Å². The van der Waals surface area contributed by atoms with Gasteiger partial charge in [0.25, 0.3) is 0 Å². The van der Waals surface area contributed by atoms with Crippen LogP contribution in [-0.4, -0.2) is 17.7 Å². The van der Waals surface area contributed by atoms with Crippen LogP contribution in [0.4, 0.5) is 4.39 Å². The van der Waals surface area contributed by atoms with E-state index in [0.717, 1.165) is 5.56 Å². The summed E-state index contributed by atoms with van der Waals surface area (Å²) in [6, 6.07) is 4.60. The van der Waals surface area contributed by atoms with Crippen molar-refractivity contribution in [1.29, 1.82) is 0 Å². The van der Waals surface area contributed by atoms with Crippen LogP contribution in [0, 0.1) is 18.7 Å². The van der Waals surface area contributed by atoms with Gasteiger partial charge in [0.15, 0.2) is 0 Å². The molecule has 2 unspecified atom stereocenters. The molecule has 1 heterocycles. The van der Waals surface area contributed by atoms with Gasteiger partial charge in [-0.25, -0.2) is 4.39 Å². The van der Waals surface area contributed by atoms with E-state index in [2.05, 4.69) is 0 Å². The minimum Gasteiger partial charge on any atom is -0.481 e. The van der Waals surface area contributed by atoms with Crippen molar-refractivity contribution in [3.8, 4) is 0 Å². The van der Waals surface area contributed by atoms with Crippen molar-refractivity contribution in [2.75, 3.05) is 6.61 Å². The highest BCUT2D eigenvalue weighted by Gasteiger charge is 2.35. The van der Waals surface area contributed by atoms with Gasteiger partial charge in [-0.1, -0.05) is 12.1 Å². The molecule has 2 atom stereocenters. The summed E-state index contributed by atoms with van der Waals surface area (Å²) in [6.45, 7) is 2.10. The molecule has 0 spiro atoms. The Balaban J connectivity index is 2.29. The molecule has 1 aliphatic heterocycles. The number of ether oxygens (including phenoxy) is 1. The summed E-state index contributed by atoms with van der Waals surface area (Å²) in [5.41, 5.74) is 1.25. The normalized spacial score (nSPS) is 24.6. The minimum absolute atomic E-state index is 0.284. The van der Waals surface area contributed by atoms with Gasteiger partial charge in [-0.3, -0.25) is 4.79 Å². The Kier molecular flexibility index (Phi) is 2.92. The van der Waals surface area contributed by atoms with Gasteiger partial charge in [0, 0.05) is 6.61 Å². The predicted molar refractivity (Wildman–Crippen MR) is 55.6 cm³/mol. The Labute approximate surface area is 92.9 Å². The lowest BCUT2D eigenvalue weighted by atomic mass is 9.94. The Bertz CT molecular complexity index is 417. The lowest BCUT2D eigenvalue weighted by Crippen LogP contribution is -2.17. The molecule has 1 aliphatic rings. The van der Waals surface area contributed by atoms with Gasteiger partial charge in [-0.05, 0) is 30.5 Å². The highest BCUT2D eigenvalue weighted by molar-refractivity contribution is 5.71. The Morgan fingerprint density at radius 3 is 2.94 bits per heavy atom. The van der Waals surface area contributed by atoms with E-state index >= 15 is 0 Å². The second-order valence-corrected chi connectivity index (χ2v) is 4.03. The molecule has 0 aliphatic carbocycles. The van der Waals surface area contributed by atoms with E-state index in [1.54, 1.807) is 19.1 Å². The van der Waals surface area contributed by atoms with Crippen LogP contribution in [0.3, 0.4) is 0 Å². The number of carboxylic acid groups (broad SMARTS) is 1. The topological polar surface area (TPSA) is 46.5 Å². The van der Waals surface area contributed by atoms with Crippen LogP contribution in [-0.2, 0) is 9.53 Å². The Morgan fingerprint density at radius 2 is 2.31 bits per heavy atom. The lowest BCUT2D eigenvalue weighted by Gasteiger charge is -2.15. The van der Waals surface area contributed by atoms with Crippen LogP contribution in [0.5, 0.6) is 0 Å². The van der Waals surface area contributed by atoms with Gasteiger partial charge in [-0.2, -0.15) is 0 Å². The predicted octanol–water partition coefficient (Wildman–Crippen LogP) is 2.30. The largest absolute Gasteiger partial charge is 0.481 e. The van der Waals surface area contributed by atoms with Gasteiger partial charge in [0.05, 0.1) is 12.0 Å². The maximum atomic E-state index is 13.1. The summed E-state index contributed by atoms with van der Waals surface area (Å²) in [7, 11) is 0. The number of halogens is 1. The number of aliphatic carboxylic acids is 1. The molecule has 1 aromatic carbocycles. The fourth-order valence-corrected chi connectivity index (χ4v) is 2.02. The summed E-state index contributed by atoms with van der Waals surface area (Å²) >= 11 is 0. The average Bonchev–Trinajstić information content (AvgIpc) is 2.71. The first-order valence-electron chi connectivity index (χ1n) is 5.20. The quantitative estimate of drug-likeness (QED) is 0.838. The number of hydrogen-bond acceptors (Lipinski definition) is 2. The minimum atomic E-state index is -0.857. The van der Waals surface area contributed by atoms with Gasteiger partial charge >= 0.3 is 5.97 Å². The van der Waals surface area contributed by atoms with Crippen LogP contribution >= 0.6 is 0 Å². The van der Waals surface area contributed by atoms with Crippen LogP contribution in [0.1, 0.15) is 23.7 Å². The van der Waals surface area contributed by atoms with E-state index in [1.165, 1.54) is 6.07 Å². The number of aryl methyl sites for hydroxylation is 1. The Hall–Kier alpha value is -1.42. The number of benzene rings is 1. The van der Waals surface area contributed by atoms with E-state index in [-0.39, 0.29) is 5.82 Å². The highest BCUT2D eigenvalue weighted by atomic mass is 19.1. The number of rotatable bonds is 2. The molecule has 3 nitrogen and oxygen atoms in total. The molecule has 0 radical (unpaired) electrons. The molecular formula is C12H13FO3. The lowest BCUT2D eigenvalue weighted by molar-refractivity contribution is -0.143. The van der Waals surface area contributed by atoms with Crippen LogP contribution in [0.2, 0.25) is 0 Å².